The second kappa shape index (κ2) is 7.64. The number of para-hydroxylation sites is 1. The predicted octanol–water partition coefficient (Wildman–Crippen LogP) is 3.44. The van der Waals surface area contributed by atoms with Crippen LogP contribution in [-0.2, 0) is 6.54 Å². The smallest absolute Gasteiger partial charge is 0.167 e. The minimum atomic E-state index is -0.299. The van der Waals surface area contributed by atoms with E-state index in [2.05, 4.69) is 0 Å². The van der Waals surface area contributed by atoms with Crippen LogP contribution < -0.4 is 15.2 Å². The van der Waals surface area contributed by atoms with Crippen LogP contribution in [0.3, 0.4) is 0 Å². The van der Waals surface area contributed by atoms with Gasteiger partial charge in [-0.25, -0.2) is 4.39 Å². The molecule has 21 heavy (non-hydrogen) atoms. The molecule has 2 N–H and O–H groups in total. The SMILES string of the molecule is Cc1cccc(OCCCOc2ccccc2CN)c1F. The summed E-state index contributed by atoms with van der Waals surface area (Å²) in [5, 5.41) is 0. The molecule has 3 nitrogen and oxygen atoms in total. The fraction of sp³-hybridized carbons (Fsp3) is 0.294. The van der Waals surface area contributed by atoms with Gasteiger partial charge in [-0.2, -0.15) is 0 Å². The number of hydrogen-bond acceptors (Lipinski definition) is 3. The zero-order valence-electron chi connectivity index (χ0n) is 12.1. The lowest BCUT2D eigenvalue weighted by atomic mass is 10.2. The van der Waals surface area contributed by atoms with Gasteiger partial charge in [0.25, 0.3) is 0 Å². The van der Waals surface area contributed by atoms with Gasteiger partial charge in [0.1, 0.15) is 5.75 Å². The van der Waals surface area contributed by atoms with Crippen LogP contribution in [0.5, 0.6) is 11.5 Å². The number of nitrogens with two attached hydrogens (primary N) is 1. The van der Waals surface area contributed by atoms with Gasteiger partial charge >= 0.3 is 0 Å². The molecule has 0 aliphatic carbocycles. The topological polar surface area (TPSA) is 44.5 Å². The number of aryl methyl sites for hydroxylation is 1. The molecule has 2 aromatic rings. The monoisotopic (exact) mass is 289 g/mol. The Morgan fingerprint density at radius 2 is 1.62 bits per heavy atom. The predicted molar refractivity (Wildman–Crippen MR) is 81.1 cm³/mol. The molecule has 0 amide bonds. The van der Waals surface area contributed by atoms with Gasteiger partial charge in [-0.1, -0.05) is 30.3 Å². The van der Waals surface area contributed by atoms with E-state index in [1.54, 1.807) is 25.1 Å². The fourth-order valence-corrected chi connectivity index (χ4v) is 1.97. The standard InChI is InChI=1S/C17H20FNO2/c1-13-6-4-9-16(17(13)18)21-11-5-10-20-15-8-3-2-7-14(15)12-19/h2-4,6-9H,5,10-12,19H2,1H3. The zero-order valence-corrected chi connectivity index (χ0v) is 12.1. The van der Waals surface area contributed by atoms with E-state index in [0.717, 1.165) is 11.3 Å². The highest BCUT2D eigenvalue weighted by atomic mass is 19.1. The highest BCUT2D eigenvalue weighted by Crippen LogP contribution is 2.20. The second-order valence-corrected chi connectivity index (χ2v) is 4.75. The minimum absolute atomic E-state index is 0.289. The summed E-state index contributed by atoms with van der Waals surface area (Å²) in [4.78, 5) is 0. The van der Waals surface area contributed by atoms with Crippen molar-refractivity contribution in [3.63, 3.8) is 0 Å². The molecule has 0 aromatic heterocycles. The Balaban J connectivity index is 1.76. The van der Waals surface area contributed by atoms with E-state index >= 15 is 0 Å². The lowest BCUT2D eigenvalue weighted by Crippen LogP contribution is -2.08. The van der Waals surface area contributed by atoms with Crippen molar-refractivity contribution >= 4 is 0 Å². The van der Waals surface area contributed by atoms with Crippen molar-refractivity contribution in [2.75, 3.05) is 13.2 Å². The molecule has 0 aliphatic heterocycles. The summed E-state index contributed by atoms with van der Waals surface area (Å²) in [6.07, 6.45) is 0.673. The van der Waals surface area contributed by atoms with Gasteiger partial charge in [0, 0.05) is 18.5 Å². The second-order valence-electron chi connectivity index (χ2n) is 4.75. The van der Waals surface area contributed by atoms with Crippen LogP contribution in [0.1, 0.15) is 17.5 Å². The zero-order chi connectivity index (χ0) is 15.1. The number of halogens is 1. The summed E-state index contributed by atoms with van der Waals surface area (Å²) in [5.74, 6) is 0.783. The summed E-state index contributed by atoms with van der Waals surface area (Å²) in [6, 6.07) is 12.8. The van der Waals surface area contributed by atoms with Crippen LogP contribution in [0.4, 0.5) is 4.39 Å². The number of ether oxygens (including phenoxy) is 2. The third-order valence-corrected chi connectivity index (χ3v) is 3.15. The van der Waals surface area contributed by atoms with Crippen molar-refractivity contribution in [2.24, 2.45) is 5.73 Å². The van der Waals surface area contributed by atoms with Crippen LogP contribution in [0, 0.1) is 12.7 Å². The van der Waals surface area contributed by atoms with E-state index < -0.39 is 0 Å². The normalized spacial score (nSPS) is 10.4. The third-order valence-electron chi connectivity index (χ3n) is 3.15. The quantitative estimate of drug-likeness (QED) is 0.794. The van der Waals surface area contributed by atoms with Gasteiger partial charge in [-0.05, 0) is 24.6 Å². The number of hydrogen-bond donors (Lipinski definition) is 1. The molecule has 0 saturated heterocycles. The number of benzene rings is 2. The van der Waals surface area contributed by atoms with Crippen LogP contribution in [-0.4, -0.2) is 13.2 Å². The Hall–Kier alpha value is -2.07. The van der Waals surface area contributed by atoms with Crippen molar-refractivity contribution in [3.8, 4) is 11.5 Å². The van der Waals surface area contributed by atoms with Crippen molar-refractivity contribution in [1.29, 1.82) is 0 Å². The van der Waals surface area contributed by atoms with Crippen molar-refractivity contribution < 1.29 is 13.9 Å². The average Bonchev–Trinajstić information content (AvgIpc) is 2.51. The lowest BCUT2D eigenvalue weighted by Gasteiger charge is -2.11. The largest absolute Gasteiger partial charge is 0.493 e. The first kappa shape index (κ1) is 15.3. The van der Waals surface area contributed by atoms with E-state index in [1.807, 2.05) is 24.3 Å². The maximum absolute atomic E-state index is 13.7. The summed E-state index contributed by atoms with van der Waals surface area (Å²) in [6.45, 7) is 3.08. The third kappa shape index (κ3) is 4.20. The molecule has 0 heterocycles. The van der Waals surface area contributed by atoms with Crippen LogP contribution >= 0.6 is 0 Å². The molecule has 0 unspecified atom stereocenters. The fourth-order valence-electron chi connectivity index (χ4n) is 1.97. The van der Waals surface area contributed by atoms with Gasteiger partial charge in [0.2, 0.25) is 0 Å². The first-order valence-corrected chi connectivity index (χ1v) is 7.01. The van der Waals surface area contributed by atoms with E-state index in [-0.39, 0.29) is 11.6 Å². The van der Waals surface area contributed by atoms with Crippen LogP contribution in [0.15, 0.2) is 42.5 Å². The van der Waals surface area contributed by atoms with Crippen LogP contribution in [0.2, 0.25) is 0 Å². The van der Waals surface area contributed by atoms with E-state index in [0.29, 0.717) is 31.7 Å². The Morgan fingerprint density at radius 3 is 2.38 bits per heavy atom. The van der Waals surface area contributed by atoms with Crippen molar-refractivity contribution in [3.05, 3.63) is 59.4 Å². The minimum Gasteiger partial charge on any atom is -0.493 e. The molecule has 0 fully saturated rings. The molecule has 2 rings (SSSR count). The molecular formula is C17H20FNO2. The highest BCUT2D eigenvalue weighted by molar-refractivity contribution is 5.33. The van der Waals surface area contributed by atoms with Crippen LogP contribution in [0.25, 0.3) is 0 Å². The highest BCUT2D eigenvalue weighted by Gasteiger charge is 2.05. The van der Waals surface area contributed by atoms with Crippen molar-refractivity contribution in [2.45, 2.75) is 19.9 Å². The Labute approximate surface area is 124 Å². The average molecular weight is 289 g/mol. The van der Waals surface area contributed by atoms with Crippen molar-refractivity contribution in [1.82, 2.24) is 0 Å². The van der Waals surface area contributed by atoms with E-state index in [4.69, 9.17) is 15.2 Å². The maximum atomic E-state index is 13.7. The number of rotatable bonds is 7. The first-order valence-electron chi connectivity index (χ1n) is 7.01. The summed E-state index contributed by atoms with van der Waals surface area (Å²) >= 11 is 0. The summed E-state index contributed by atoms with van der Waals surface area (Å²) < 4.78 is 24.8. The molecule has 0 bridgehead atoms. The maximum Gasteiger partial charge on any atom is 0.167 e. The molecular weight excluding hydrogens is 269 g/mol. The Kier molecular flexibility index (Phi) is 5.58. The lowest BCUT2D eigenvalue weighted by molar-refractivity contribution is 0.240. The van der Waals surface area contributed by atoms with Gasteiger partial charge in [-0.3, -0.25) is 0 Å². The molecule has 0 radical (unpaired) electrons. The molecule has 0 atom stereocenters. The molecule has 112 valence electrons. The first-order chi connectivity index (χ1) is 10.2. The van der Waals surface area contributed by atoms with Gasteiger partial charge in [-0.15, -0.1) is 0 Å². The van der Waals surface area contributed by atoms with E-state index in [1.165, 1.54) is 0 Å². The summed E-state index contributed by atoms with van der Waals surface area (Å²) in [5.41, 5.74) is 7.20. The Bertz CT molecular complexity index is 587. The molecule has 0 saturated carbocycles. The molecule has 0 aliphatic rings. The van der Waals surface area contributed by atoms with Gasteiger partial charge in [0.05, 0.1) is 13.2 Å². The molecule has 2 aromatic carbocycles. The van der Waals surface area contributed by atoms with E-state index in [9.17, 15) is 4.39 Å². The summed E-state index contributed by atoms with van der Waals surface area (Å²) in [7, 11) is 0. The molecule has 4 heteroatoms. The van der Waals surface area contributed by atoms with Gasteiger partial charge in [0.15, 0.2) is 11.6 Å². The van der Waals surface area contributed by atoms with Gasteiger partial charge < -0.3 is 15.2 Å². The molecule has 0 spiro atoms. The Morgan fingerprint density at radius 1 is 0.952 bits per heavy atom.